The maximum Gasteiger partial charge on any atom is 1.00 e. The van der Waals surface area contributed by atoms with Gasteiger partial charge in [-0.3, -0.25) is 4.98 Å². The number of hydrogen-bond donors (Lipinski definition) is 0. The minimum atomic E-state index is -4.56. The molecular weight excluding hydrogens is 610 g/mol. The van der Waals surface area contributed by atoms with Gasteiger partial charge in [-0.1, -0.05) is 12.1 Å². The molecule has 0 spiro atoms. The minimum absolute atomic E-state index is 0. The maximum atomic E-state index is 14.1. The summed E-state index contributed by atoms with van der Waals surface area (Å²) in [6.45, 7) is 2.21. The molecule has 2 aromatic carbocycles. The summed E-state index contributed by atoms with van der Waals surface area (Å²) in [4.78, 5) is 19.1. The zero-order valence-corrected chi connectivity index (χ0v) is 26.5. The van der Waals surface area contributed by atoms with Crippen molar-refractivity contribution in [2.24, 2.45) is 0 Å². The predicted octanol–water partition coefficient (Wildman–Crippen LogP) is -0.0248. The van der Waals surface area contributed by atoms with Gasteiger partial charge in [0, 0.05) is 22.9 Å². The van der Waals surface area contributed by atoms with Crippen LogP contribution in [-0.4, -0.2) is 52.3 Å². The van der Waals surface area contributed by atoms with E-state index in [2.05, 4.69) is 9.97 Å². The number of hydrogen-bond acceptors (Lipinski definition) is 9. The van der Waals surface area contributed by atoms with E-state index < -0.39 is 46.6 Å². The Morgan fingerprint density at radius 1 is 1.07 bits per heavy atom. The van der Waals surface area contributed by atoms with Crippen LogP contribution >= 0.6 is 0 Å². The average molecular weight is 634 g/mol. The van der Waals surface area contributed by atoms with Crippen molar-refractivity contribution in [2.45, 2.75) is 42.8 Å². The molecule has 1 unspecified atom stereocenters. The fourth-order valence-electron chi connectivity index (χ4n) is 4.20. The van der Waals surface area contributed by atoms with Crippen LogP contribution in [-0.2, 0) is 31.7 Å². The first-order valence-electron chi connectivity index (χ1n) is 11.9. The number of nitrogens with zero attached hydrogens (tertiary/aromatic N) is 3. The molecule has 0 amide bonds. The number of benzene rings is 2. The molecule has 0 fully saturated rings. The molecule has 42 heavy (non-hydrogen) atoms. The zero-order chi connectivity index (χ0) is 30.1. The number of rotatable bonds is 10. The van der Waals surface area contributed by atoms with Gasteiger partial charge in [0.05, 0.1) is 27.6 Å². The van der Waals surface area contributed by atoms with Crippen LogP contribution in [0.3, 0.4) is 0 Å². The predicted molar refractivity (Wildman–Crippen MR) is 139 cm³/mol. The van der Waals surface area contributed by atoms with E-state index in [9.17, 15) is 36.0 Å². The first kappa shape index (κ1) is 33.7. The standard InChI is InChI=1S/C26H24F3N3O7S2.Na/c1-15-10-18(38-12-23(33)34)11-16(2)24(15)41(36,37)32-21-7-5-4-6-19(21)31-25(32)40(35)13-20-17(3)22(8-9-30-20)39-14-26(27,28)29;/h4-11H,12-14H2,1-3H3,(H,33,34);/q;+1/p-1. The van der Waals surface area contributed by atoms with Gasteiger partial charge in [0.25, 0.3) is 10.0 Å². The van der Waals surface area contributed by atoms with Crippen LogP contribution in [0.5, 0.6) is 11.5 Å². The molecular formula is C26H23F3N3NaO7S2. The number of carboxylic acids is 1. The van der Waals surface area contributed by atoms with E-state index in [0.29, 0.717) is 0 Å². The van der Waals surface area contributed by atoms with Crippen LogP contribution in [0.15, 0.2) is 58.7 Å². The molecule has 2 aromatic heterocycles. The number of carbonyl (C=O) groups is 1. The Hall–Kier alpha value is -2.82. The normalized spacial score (nSPS) is 12.5. The molecule has 4 rings (SSSR count). The molecule has 1 atom stereocenters. The summed E-state index contributed by atoms with van der Waals surface area (Å²) in [5.41, 5.74) is 1.23. The van der Waals surface area contributed by atoms with Crippen LogP contribution in [0.4, 0.5) is 13.2 Å². The number of fused-ring (bicyclic) bond motifs is 1. The van der Waals surface area contributed by atoms with Gasteiger partial charge in [-0.2, -0.15) is 22.1 Å². The Kier molecular flexibility index (Phi) is 10.6. The zero-order valence-electron chi connectivity index (χ0n) is 22.9. The molecule has 0 saturated carbocycles. The van der Waals surface area contributed by atoms with Gasteiger partial charge in [-0.25, -0.2) is 8.42 Å². The Morgan fingerprint density at radius 3 is 2.33 bits per heavy atom. The summed E-state index contributed by atoms with van der Waals surface area (Å²) in [5.74, 6) is -1.78. The third kappa shape index (κ3) is 7.38. The topological polar surface area (TPSA) is 146 Å². The van der Waals surface area contributed by atoms with Crippen molar-refractivity contribution in [3.63, 3.8) is 0 Å². The Balaban J connectivity index is 0.00000484. The Labute approximate surface area is 264 Å². The Bertz CT molecular complexity index is 1710. The monoisotopic (exact) mass is 633 g/mol. The molecule has 4 aromatic rings. The van der Waals surface area contributed by atoms with E-state index in [1.807, 2.05) is 0 Å². The number of ether oxygens (including phenoxy) is 2. The number of aromatic nitrogens is 3. The number of carboxylic acid groups (broad SMARTS) is 1. The molecule has 0 aliphatic carbocycles. The smallest absolute Gasteiger partial charge is 0.609 e. The minimum Gasteiger partial charge on any atom is -0.609 e. The van der Waals surface area contributed by atoms with E-state index >= 15 is 0 Å². The van der Waals surface area contributed by atoms with Crippen molar-refractivity contribution in [1.82, 2.24) is 13.9 Å². The fourth-order valence-corrected chi connectivity index (χ4v) is 7.67. The second kappa shape index (κ2) is 13.2. The van der Waals surface area contributed by atoms with Gasteiger partial charge in [-0.15, -0.1) is 0 Å². The summed E-state index contributed by atoms with van der Waals surface area (Å²) >= 11 is -2.13. The summed E-state index contributed by atoms with van der Waals surface area (Å²) in [6.07, 6.45) is -3.35. The number of imidazole rings is 1. The molecule has 0 N–H and O–H groups in total. The quantitative estimate of drug-likeness (QED) is 0.174. The van der Waals surface area contributed by atoms with Crippen molar-refractivity contribution >= 4 is 38.2 Å². The SMILES string of the molecule is Cc1cc(OCC(=O)[O-])cc(C)c1S(=O)(=O)n1c([S+]([O-])Cc2nccc(OCC(F)(F)F)c2C)nc2ccccc21.[Na+]. The van der Waals surface area contributed by atoms with Crippen LogP contribution in [0.1, 0.15) is 22.4 Å². The summed E-state index contributed by atoms with van der Waals surface area (Å²) < 4.78 is 90.7. The van der Waals surface area contributed by atoms with Crippen molar-refractivity contribution in [2.75, 3.05) is 13.2 Å². The fraction of sp³-hybridized carbons (Fsp3) is 0.269. The van der Waals surface area contributed by atoms with Gasteiger partial charge >= 0.3 is 40.9 Å². The van der Waals surface area contributed by atoms with Crippen LogP contribution in [0, 0.1) is 20.8 Å². The van der Waals surface area contributed by atoms with Crippen molar-refractivity contribution < 1.29 is 75.1 Å². The van der Waals surface area contributed by atoms with Crippen LogP contribution < -0.4 is 44.1 Å². The van der Waals surface area contributed by atoms with E-state index in [4.69, 9.17) is 9.47 Å². The van der Waals surface area contributed by atoms with Crippen LogP contribution in [0.2, 0.25) is 0 Å². The maximum absolute atomic E-state index is 14.1. The van der Waals surface area contributed by atoms with Crippen LogP contribution in [0.25, 0.3) is 11.0 Å². The second-order valence-corrected chi connectivity index (χ2v) is 12.0. The summed E-state index contributed by atoms with van der Waals surface area (Å²) in [7, 11) is -4.44. The molecule has 10 nitrogen and oxygen atoms in total. The van der Waals surface area contributed by atoms with E-state index in [1.54, 1.807) is 18.2 Å². The first-order valence-corrected chi connectivity index (χ1v) is 14.6. The van der Waals surface area contributed by atoms with Gasteiger partial charge in [0.2, 0.25) is 0 Å². The van der Waals surface area contributed by atoms with Gasteiger partial charge in [-0.05, 0) is 62.2 Å². The molecule has 0 saturated heterocycles. The molecule has 0 radical (unpaired) electrons. The van der Waals surface area contributed by atoms with Gasteiger partial charge in [0.1, 0.15) is 18.1 Å². The number of pyridine rings is 1. The van der Waals surface area contributed by atoms with Gasteiger partial charge < -0.3 is 23.9 Å². The number of halogens is 3. The number of aliphatic carboxylic acids is 1. The number of para-hydroxylation sites is 2. The van der Waals surface area contributed by atoms with E-state index in [0.717, 1.165) is 3.97 Å². The third-order valence-electron chi connectivity index (χ3n) is 5.90. The van der Waals surface area contributed by atoms with E-state index in [1.165, 1.54) is 51.2 Å². The first-order chi connectivity index (χ1) is 19.2. The van der Waals surface area contributed by atoms with Crippen molar-refractivity contribution in [3.8, 4) is 11.5 Å². The third-order valence-corrected chi connectivity index (χ3v) is 9.24. The summed E-state index contributed by atoms with van der Waals surface area (Å²) in [6, 6.07) is 10.2. The Morgan fingerprint density at radius 2 is 1.71 bits per heavy atom. The average Bonchev–Trinajstić information content (AvgIpc) is 3.28. The van der Waals surface area contributed by atoms with Gasteiger partial charge in [0.15, 0.2) is 12.4 Å². The molecule has 0 bridgehead atoms. The molecule has 2 heterocycles. The molecule has 0 aliphatic heterocycles. The van der Waals surface area contributed by atoms with E-state index in [-0.39, 0.29) is 90.3 Å². The van der Waals surface area contributed by atoms with Crippen molar-refractivity contribution in [1.29, 1.82) is 0 Å². The molecule has 218 valence electrons. The largest absolute Gasteiger partial charge is 1.00 e. The molecule has 0 aliphatic rings. The number of alkyl halides is 3. The second-order valence-electron chi connectivity index (χ2n) is 8.97. The number of aryl methyl sites for hydroxylation is 2. The van der Waals surface area contributed by atoms with Crippen molar-refractivity contribution in [3.05, 3.63) is 71.0 Å². The molecule has 16 heteroatoms. The number of carbonyl (C=O) groups excluding carboxylic acids is 1. The summed E-state index contributed by atoms with van der Waals surface area (Å²) in [5, 5.41) is 10.5.